The minimum absolute atomic E-state index is 0.389. The molecule has 1 heterocycles. The van der Waals surface area contributed by atoms with E-state index in [-0.39, 0.29) is 0 Å². The van der Waals surface area contributed by atoms with Gasteiger partial charge in [-0.1, -0.05) is 0 Å². The molecule has 0 aromatic heterocycles. The maximum Gasteiger partial charge on any atom is 0.248 e. The standard InChI is InChI=1S/C15H19N5O2/c1-19(2)10-18-13-4-3-12(7-11(13)8-16)20-5-6-22-14(9-20)15(17)21/h3-4,7,10,14H,5-6,9H2,1-2H3,(H2,17,21). The van der Waals surface area contributed by atoms with Gasteiger partial charge < -0.3 is 20.3 Å². The Kier molecular flexibility index (Phi) is 4.96. The van der Waals surface area contributed by atoms with E-state index < -0.39 is 12.0 Å². The molecule has 0 spiro atoms. The number of amides is 1. The number of rotatable bonds is 4. The summed E-state index contributed by atoms with van der Waals surface area (Å²) in [7, 11) is 3.73. The number of benzene rings is 1. The summed E-state index contributed by atoms with van der Waals surface area (Å²) in [5, 5.41) is 9.29. The summed E-state index contributed by atoms with van der Waals surface area (Å²) in [6.45, 7) is 1.46. The van der Waals surface area contributed by atoms with Crippen molar-refractivity contribution in [2.45, 2.75) is 6.10 Å². The lowest BCUT2D eigenvalue weighted by Gasteiger charge is -2.33. The van der Waals surface area contributed by atoms with Crippen LogP contribution in [-0.4, -0.2) is 57.0 Å². The van der Waals surface area contributed by atoms with Crippen LogP contribution in [0.1, 0.15) is 5.56 Å². The van der Waals surface area contributed by atoms with Crippen LogP contribution in [0.25, 0.3) is 0 Å². The average molecular weight is 301 g/mol. The van der Waals surface area contributed by atoms with E-state index in [2.05, 4.69) is 11.1 Å². The van der Waals surface area contributed by atoms with Crippen LogP contribution in [0.3, 0.4) is 0 Å². The van der Waals surface area contributed by atoms with Gasteiger partial charge >= 0.3 is 0 Å². The fourth-order valence-corrected chi connectivity index (χ4v) is 2.16. The molecule has 1 aromatic rings. The molecule has 7 heteroatoms. The van der Waals surface area contributed by atoms with Crippen molar-refractivity contribution in [2.24, 2.45) is 10.7 Å². The maximum atomic E-state index is 11.3. The Bertz CT molecular complexity index is 621. The molecule has 116 valence electrons. The van der Waals surface area contributed by atoms with E-state index in [1.807, 2.05) is 25.1 Å². The van der Waals surface area contributed by atoms with Gasteiger partial charge in [0, 0.05) is 26.3 Å². The van der Waals surface area contributed by atoms with E-state index in [0.717, 1.165) is 5.69 Å². The molecule has 7 nitrogen and oxygen atoms in total. The summed E-state index contributed by atoms with van der Waals surface area (Å²) in [6, 6.07) is 7.60. The van der Waals surface area contributed by atoms with E-state index in [0.29, 0.717) is 30.9 Å². The molecule has 1 aliphatic heterocycles. The Morgan fingerprint density at radius 1 is 1.59 bits per heavy atom. The molecule has 1 atom stereocenters. The molecule has 1 fully saturated rings. The third kappa shape index (κ3) is 3.74. The van der Waals surface area contributed by atoms with Gasteiger partial charge in [0.25, 0.3) is 0 Å². The second kappa shape index (κ2) is 6.91. The predicted molar refractivity (Wildman–Crippen MR) is 84.1 cm³/mol. The summed E-state index contributed by atoms with van der Waals surface area (Å²) in [5.74, 6) is -0.475. The van der Waals surface area contributed by atoms with Crippen molar-refractivity contribution in [2.75, 3.05) is 38.7 Å². The molecule has 2 rings (SSSR count). The van der Waals surface area contributed by atoms with Gasteiger partial charge in [-0.15, -0.1) is 0 Å². The lowest BCUT2D eigenvalue weighted by Crippen LogP contribution is -2.48. The van der Waals surface area contributed by atoms with Gasteiger partial charge in [-0.05, 0) is 18.2 Å². The number of nitrogens with zero attached hydrogens (tertiary/aromatic N) is 4. The van der Waals surface area contributed by atoms with Crippen LogP contribution >= 0.6 is 0 Å². The van der Waals surface area contributed by atoms with E-state index in [4.69, 9.17) is 10.5 Å². The first kappa shape index (κ1) is 15.8. The number of carbonyl (C=O) groups is 1. The van der Waals surface area contributed by atoms with Gasteiger partial charge in [0.15, 0.2) is 6.10 Å². The summed E-state index contributed by atoms with van der Waals surface area (Å²) in [6.07, 6.45) is 1.03. The van der Waals surface area contributed by atoms with Gasteiger partial charge in [0.2, 0.25) is 5.91 Å². The number of morpholine rings is 1. The second-order valence-electron chi connectivity index (χ2n) is 5.23. The summed E-state index contributed by atoms with van der Waals surface area (Å²) in [5.41, 5.74) is 7.24. The average Bonchev–Trinajstić information content (AvgIpc) is 2.52. The van der Waals surface area contributed by atoms with E-state index in [9.17, 15) is 10.1 Å². The van der Waals surface area contributed by atoms with Crippen molar-refractivity contribution in [3.8, 4) is 6.07 Å². The minimum Gasteiger partial charge on any atom is -0.369 e. The van der Waals surface area contributed by atoms with Crippen LogP contribution in [-0.2, 0) is 9.53 Å². The van der Waals surface area contributed by atoms with Crippen LogP contribution < -0.4 is 10.6 Å². The smallest absolute Gasteiger partial charge is 0.248 e. The minimum atomic E-state index is -0.620. The molecular weight excluding hydrogens is 282 g/mol. The molecule has 1 unspecified atom stereocenters. The summed E-state index contributed by atoms with van der Waals surface area (Å²) >= 11 is 0. The molecular formula is C15H19N5O2. The first-order valence-electron chi connectivity index (χ1n) is 6.92. The molecule has 22 heavy (non-hydrogen) atoms. The van der Waals surface area contributed by atoms with E-state index in [1.54, 1.807) is 23.4 Å². The first-order chi connectivity index (χ1) is 10.5. The lowest BCUT2D eigenvalue weighted by atomic mass is 10.1. The fraction of sp³-hybridized carbons (Fsp3) is 0.400. The first-order valence-corrected chi connectivity index (χ1v) is 6.92. The van der Waals surface area contributed by atoms with Crippen molar-refractivity contribution < 1.29 is 9.53 Å². The van der Waals surface area contributed by atoms with Crippen LogP contribution in [0.5, 0.6) is 0 Å². The number of carbonyl (C=O) groups excluding carboxylic acids is 1. The highest BCUT2D eigenvalue weighted by atomic mass is 16.5. The van der Waals surface area contributed by atoms with Gasteiger partial charge in [-0.2, -0.15) is 5.26 Å². The largest absolute Gasteiger partial charge is 0.369 e. The van der Waals surface area contributed by atoms with Crippen molar-refractivity contribution >= 4 is 23.6 Å². The molecule has 0 saturated carbocycles. The zero-order valence-corrected chi connectivity index (χ0v) is 12.7. The number of hydrogen-bond acceptors (Lipinski definition) is 5. The summed E-state index contributed by atoms with van der Waals surface area (Å²) in [4.78, 5) is 19.3. The SMILES string of the molecule is CN(C)C=Nc1ccc(N2CCOC(C(N)=O)C2)cc1C#N. The molecule has 0 aliphatic carbocycles. The normalized spacial score (nSPS) is 18.2. The van der Waals surface area contributed by atoms with Crippen molar-refractivity contribution in [3.05, 3.63) is 23.8 Å². The van der Waals surface area contributed by atoms with E-state index in [1.165, 1.54) is 0 Å². The van der Waals surface area contributed by atoms with Crippen molar-refractivity contribution in [1.82, 2.24) is 4.90 Å². The third-order valence-corrected chi connectivity index (χ3v) is 3.28. The van der Waals surface area contributed by atoms with Gasteiger partial charge in [-0.25, -0.2) is 4.99 Å². The highest BCUT2D eigenvalue weighted by Gasteiger charge is 2.25. The number of aliphatic imine (C=N–C) groups is 1. The Balaban J connectivity index is 2.22. The monoisotopic (exact) mass is 301 g/mol. The highest BCUT2D eigenvalue weighted by Crippen LogP contribution is 2.26. The van der Waals surface area contributed by atoms with Gasteiger partial charge in [0.05, 0.1) is 30.7 Å². The van der Waals surface area contributed by atoms with Crippen molar-refractivity contribution in [3.63, 3.8) is 0 Å². The number of nitrogens with two attached hydrogens (primary N) is 1. The topological polar surface area (TPSA) is 94.9 Å². The van der Waals surface area contributed by atoms with E-state index >= 15 is 0 Å². The Morgan fingerprint density at radius 2 is 2.36 bits per heavy atom. The van der Waals surface area contributed by atoms with Gasteiger partial charge in [0.1, 0.15) is 6.07 Å². The molecule has 0 bridgehead atoms. The number of ether oxygens (including phenoxy) is 1. The second-order valence-corrected chi connectivity index (χ2v) is 5.23. The third-order valence-electron chi connectivity index (χ3n) is 3.28. The fourth-order valence-electron chi connectivity index (χ4n) is 2.16. The molecule has 1 amide bonds. The predicted octanol–water partition coefficient (Wildman–Crippen LogP) is 0.470. The quantitative estimate of drug-likeness (QED) is 0.644. The molecule has 0 radical (unpaired) electrons. The maximum absolute atomic E-state index is 11.3. The zero-order chi connectivity index (χ0) is 16.1. The van der Waals surface area contributed by atoms with Crippen LogP contribution in [0.15, 0.2) is 23.2 Å². The van der Waals surface area contributed by atoms with Gasteiger partial charge in [-0.3, -0.25) is 4.79 Å². The molecule has 1 aromatic carbocycles. The zero-order valence-electron chi connectivity index (χ0n) is 12.7. The number of hydrogen-bond donors (Lipinski definition) is 1. The number of primary amides is 1. The summed E-state index contributed by atoms with van der Waals surface area (Å²) < 4.78 is 5.33. The van der Waals surface area contributed by atoms with Crippen LogP contribution in [0, 0.1) is 11.3 Å². The highest BCUT2D eigenvalue weighted by molar-refractivity contribution is 5.80. The number of nitriles is 1. The molecule has 1 aliphatic rings. The lowest BCUT2D eigenvalue weighted by molar-refractivity contribution is -0.130. The molecule has 2 N–H and O–H groups in total. The van der Waals surface area contributed by atoms with Crippen LogP contribution in [0.4, 0.5) is 11.4 Å². The molecule has 1 saturated heterocycles. The van der Waals surface area contributed by atoms with Crippen LogP contribution in [0.2, 0.25) is 0 Å². The Hall–Kier alpha value is -2.59. The Morgan fingerprint density at radius 3 is 3.00 bits per heavy atom. The van der Waals surface area contributed by atoms with Crippen molar-refractivity contribution in [1.29, 1.82) is 5.26 Å². The Labute approximate surface area is 129 Å². The number of anilines is 1.